The molecule has 1 N–H and O–H groups in total. The van der Waals surface area contributed by atoms with Crippen LogP contribution in [0.15, 0.2) is 0 Å². The Kier molecular flexibility index (Phi) is 5.62. The summed E-state index contributed by atoms with van der Waals surface area (Å²) in [6.45, 7) is 7.72. The highest BCUT2D eigenvalue weighted by Crippen LogP contribution is 2.23. The van der Waals surface area contributed by atoms with E-state index in [4.69, 9.17) is 0 Å². The van der Waals surface area contributed by atoms with E-state index in [9.17, 15) is 5.11 Å². The van der Waals surface area contributed by atoms with Crippen LogP contribution in [0.25, 0.3) is 0 Å². The van der Waals surface area contributed by atoms with Crippen molar-refractivity contribution in [3.05, 3.63) is 0 Å². The standard InChI is InChI=1S/C13H27NO/c1-4-14(11(2)3)12-9-7-5-6-8-10-13(12)15/h11-13,15H,4-10H2,1-3H3. The molecule has 1 fully saturated rings. The lowest BCUT2D eigenvalue weighted by molar-refractivity contribution is 0.0185. The lowest BCUT2D eigenvalue weighted by atomic mass is 9.92. The molecule has 90 valence electrons. The van der Waals surface area contributed by atoms with Gasteiger partial charge in [-0.1, -0.05) is 32.6 Å². The van der Waals surface area contributed by atoms with Gasteiger partial charge in [-0.2, -0.15) is 0 Å². The third-order valence-corrected chi connectivity index (χ3v) is 3.65. The van der Waals surface area contributed by atoms with E-state index in [0.29, 0.717) is 12.1 Å². The second-order valence-electron chi connectivity index (χ2n) is 5.05. The SMILES string of the molecule is CCN(C(C)C)C1CCCCCCC1O. The summed E-state index contributed by atoms with van der Waals surface area (Å²) in [5, 5.41) is 10.2. The van der Waals surface area contributed by atoms with Gasteiger partial charge in [0.05, 0.1) is 6.10 Å². The number of likely N-dealkylation sites (N-methyl/N-ethyl adjacent to an activating group) is 1. The fraction of sp³-hybridized carbons (Fsp3) is 1.00. The highest BCUT2D eigenvalue weighted by atomic mass is 16.3. The van der Waals surface area contributed by atoms with Crippen molar-refractivity contribution >= 4 is 0 Å². The first-order chi connectivity index (χ1) is 7.16. The van der Waals surface area contributed by atoms with E-state index in [0.717, 1.165) is 13.0 Å². The number of rotatable bonds is 3. The lowest BCUT2D eigenvalue weighted by Crippen LogP contribution is -2.47. The predicted molar refractivity (Wildman–Crippen MR) is 65.0 cm³/mol. The van der Waals surface area contributed by atoms with Gasteiger partial charge in [-0.3, -0.25) is 4.90 Å². The molecule has 1 aliphatic carbocycles. The molecule has 2 heteroatoms. The minimum atomic E-state index is -0.104. The van der Waals surface area contributed by atoms with Gasteiger partial charge in [-0.25, -0.2) is 0 Å². The van der Waals surface area contributed by atoms with E-state index in [1.165, 1.54) is 32.1 Å². The molecule has 0 radical (unpaired) electrons. The monoisotopic (exact) mass is 213 g/mol. The third-order valence-electron chi connectivity index (χ3n) is 3.65. The van der Waals surface area contributed by atoms with Crippen molar-refractivity contribution in [3.8, 4) is 0 Å². The Balaban J connectivity index is 2.60. The van der Waals surface area contributed by atoms with E-state index in [-0.39, 0.29) is 6.10 Å². The number of hydrogen-bond donors (Lipinski definition) is 1. The Bertz CT molecular complexity index is 170. The summed E-state index contributed by atoms with van der Waals surface area (Å²) in [7, 11) is 0. The van der Waals surface area contributed by atoms with Crippen molar-refractivity contribution in [1.82, 2.24) is 4.90 Å². The highest BCUT2D eigenvalue weighted by molar-refractivity contribution is 4.82. The first kappa shape index (κ1) is 13.0. The number of nitrogens with zero attached hydrogens (tertiary/aromatic N) is 1. The van der Waals surface area contributed by atoms with Crippen LogP contribution in [0.5, 0.6) is 0 Å². The zero-order valence-electron chi connectivity index (χ0n) is 10.6. The van der Waals surface area contributed by atoms with Crippen molar-refractivity contribution in [1.29, 1.82) is 0 Å². The Morgan fingerprint density at radius 3 is 2.27 bits per heavy atom. The van der Waals surface area contributed by atoms with Crippen LogP contribution in [0.4, 0.5) is 0 Å². The van der Waals surface area contributed by atoms with Crippen molar-refractivity contribution in [2.45, 2.75) is 77.5 Å². The van der Waals surface area contributed by atoms with E-state index < -0.39 is 0 Å². The van der Waals surface area contributed by atoms with E-state index in [1.807, 2.05) is 0 Å². The fourth-order valence-corrected chi connectivity index (χ4v) is 2.81. The minimum absolute atomic E-state index is 0.104. The molecule has 15 heavy (non-hydrogen) atoms. The molecular formula is C13H27NO. The predicted octanol–water partition coefficient (Wildman–Crippen LogP) is 2.80. The number of aliphatic hydroxyl groups excluding tert-OH is 1. The minimum Gasteiger partial charge on any atom is -0.391 e. The summed E-state index contributed by atoms with van der Waals surface area (Å²) in [4.78, 5) is 2.45. The molecule has 2 nitrogen and oxygen atoms in total. The van der Waals surface area contributed by atoms with Crippen LogP contribution in [0.1, 0.15) is 59.3 Å². The lowest BCUT2D eigenvalue weighted by Gasteiger charge is -2.38. The number of aliphatic hydroxyl groups is 1. The summed E-state index contributed by atoms with van der Waals surface area (Å²) >= 11 is 0. The van der Waals surface area contributed by atoms with Crippen LogP contribution in [0.3, 0.4) is 0 Å². The van der Waals surface area contributed by atoms with Gasteiger partial charge in [0.2, 0.25) is 0 Å². The van der Waals surface area contributed by atoms with E-state index in [1.54, 1.807) is 0 Å². The maximum atomic E-state index is 10.2. The van der Waals surface area contributed by atoms with Crippen LogP contribution in [-0.2, 0) is 0 Å². The molecule has 0 aromatic heterocycles. The van der Waals surface area contributed by atoms with Crippen LogP contribution >= 0.6 is 0 Å². The van der Waals surface area contributed by atoms with Crippen LogP contribution in [0.2, 0.25) is 0 Å². The molecule has 0 spiro atoms. The molecule has 0 heterocycles. The zero-order valence-corrected chi connectivity index (χ0v) is 10.6. The second-order valence-corrected chi connectivity index (χ2v) is 5.05. The highest BCUT2D eigenvalue weighted by Gasteiger charge is 2.27. The molecule has 1 aliphatic rings. The molecule has 0 saturated heterocycles. The average molecular weight is 213 g/mol. The van der Waals surface area contributed by atoms with E-state index in [2.05, 4.69) is 25.7 Å². The Morgan fingerprint density at radius 1 is 1.13 bits per heavy atom. The smallest absolute Gasteiger partial charge is 0.0695 e. The van der Waals surface area contributed by atoms with Crippen molar-refractivity contribution < 1.29 is 5.11 Å². The first-order valence-electron chi connectivity index (χ1n) is 6.60. The van der Waals surface area contributed by atoms with Gasteiger partial charge in [0.15, 0.2) is 0 Å². The summed E-state index contributed by atoms with van der Waals surface area (Å²) in [5.41, 5.74) is 0. The van der Waals surface area contributed by atoms with Crippen molar-refractivity contribution in [2.75, 3.05) is 6.54 Å². The van der Waals surface area contributed by atoms with Crippen LogP contribution < -0.4 is 0 Å². The first-order valence-corrected chi connectivity index (χ1v) is 6.60. The Morgan fingerprint density at radius 2 is 1.73 bits per heavy atom. The van der Waals surface area contributed by atoms with Gasteiger partial charge in [0, 0.05) is 12.1 Å². The third kappa shape index (κ3) is 3.76. The molecule has 2 unspecified atom stereocenters. The van der Waals surface area contributed by atoms with Gasteiger partial charge in [-0.15, -0.1) is 0 Å². The topological polar surface area (TPSA) is 23.5 Å². The van der Waals surface area contributed by atoms with Crippen molar-refractivity contribution in [2.24, 2.45) is 0 Å². The summed E-state index contributed by atoms with van der Waals surface area (Å²) in [5.74, 6) is 0. The molecule has 0 aromatic rings. The maximum Gasteiger partial charge on any atom is 0.0695 e. The maximum absolute atomic E-state index is 10.2. The second kappa shape index (κ2) is 6.49. The van der Waals surface area contributed by atoms with Gasteiger partial charge >= 0.3 is 0 Å². The average Bonchev–Trinajstić information content (AvgIpc) is 2.17. The van der Waals surface area contributed by atoms with Crippen LogP contribution in [0, 0.1) is 0 Å². The van der Waals surface area contributed by atoms with Gasteiger partial charge < -0.3 is 5.11 Å². The Hall–Kier alpha value is -0.0800. The van der Waals surface area contributed by atoms with Gasteiger partial charge in [-0.05, 0) is 33.2 Å². The van der Waals surface area contributed by atoms with Crippen LogP contribution in [-0.4, -0.2) is 34.7 Å². The van der Waals surface area contributed by atoms with Gasteiger partial charge in [0.1, 0.15) is 0 Å². The molecule has 0 bridgehead atoms. The molecular weight excluding hydrogens is 186 g/mol. The molecule has 0 amide bonds. The fourth-order valence-electron chi connectivity index (χ4n) is 2.81. The normalized spacial score (nSPS) is 29.2. The Labute approximate surface area is 94.7 Å². The molecule has 0 aliphatic heterocycles. The molecule has 0 aromatic carbocycles. The summed E-state index contributed by atoms with van der Waals surface area (Å²) in [6, 6.07) is 0.948. The van der Waals surface area contributed by atoms with Crippen molar-refractivity contribution in [3.63, 3.8) is 0 Å². The number of hydrogen-bond acceptors (Lipinski definition) is 2. The van der Waals surface area contributed by atoms with Gasteiger partial charge in [0.25, 0.3) is 0 Å². The quantitative estimate of drug-likeness (QED) is 0.779. The summed E-state index contributed by atoms with van der Waals surface area (Å²) in [6.07, 6.45) is 7.20. The molecule has 2 atom stereocenters. The summed E-state index contributed by atoms with van der Waals surface area (Å²) < 4.78 is 0. The molecule has 1 saturated carbocycles. The van der Waals surface area contributed by atoms with E-state index >= 15 is 0 Å². The largest absolute Gasteiger partial charge is 0.391 e. The zero-order chi connectivity index (χ0) is 11.3. The molecule has 1 rings (SSSR count).